The summed E-state index contributed by atoms with van der Waals surface area (Å²) in [5.74, 6) is 1.11. The maximum atomic E-state index is 11.3. The van der Waals surface area contributed by atoms with Gasteiger partial charge in [-0.2, -0.15) is 0 Å². The van der Waals surface area contributed by atoms with Crippen molar-refractivity contribution in [3.63, 3.8) is 0 Å². The fourth-order valence-electron chi connectivity index (χ4n) is 1.13. The molecule has 5 nitrogen and oxygen atoms in total. The molecular weight excluding hydrogens is 168 g/mol. The highest BCUT2D eigenvalue weighted by molar-refractivity contribution is 5.71. The Labute approximate surface area is 73.5 Å². The molecule has 13 heavy (non-hydrogen) atoms. The Morgan fingerprint density at radius 2 is 2.15 bits per heavy atom. The van der Waals surface area contributed by atoms with E-state index in [0.717, 1.165) is 0 Å². The van der Waals surface area contributed by atoms with Crippen molar-refractivity contribution in [3.05, 3.63) is 28.6 Å². The zero-order valence-corrected chi connectivity index (χ0v) is 7.09. The average molecular weight is 176 g/mol. The van der Waals surface area contributed by atoms with Crippen LogP contribution in [0.4, 0.5) is 0 Å². The molecule has 0 aromatic carbocycles. The summed E-state index contributed by atoms with van der Waals surface area (Å²) in [5.41, 5.74) is 0.611. The molecule has 0 saturated heterocycles. The molecule has 2 heterocycles. The van der Waals surface area contributed by atoms with Gasteiger partial charge in [0.25, 0.3) is 5.56 Å². The van der Waals surface area contributed by atoms with Crippen molar-refractivity contribution in [2.75, 3.05) is 0 Å². The third-order valence-corrected chi connectivity index (χ3v) is 1.69. The van der Waals surface area contributed by atoms with Crippen molar-refractivity contribution in [2.24, 2.45) is 0 Å². The van der Waals surface area contributed by atoms with Gasteiger partial charge in [-0.1, -0.05) is 6.58 Å². The van der Waals surface area contributed by atoms with Crippen LogP contribution in [0.2, 0.25) is 0 Å². The summed E-state index contributed by atoms with van der Waals surface area (Å²) < 4.78 is 0. The summed E-state index contributed by atoms with van der Waals surface area (Å²) in [6.07, 6.45) is 1.54. The quantitative estimate of drug-likeness (QED) is 0.668. The van der Waals surface area contributed by atoms with Crippen molar-refractivity contribution in [2.45, 2.75) is 6.92 Å². The van der Waals surface area contributed by atoms with E-state index in [1.165, 1.54) is 6.08 Å². The Morgan fingerprint density at radius 1 is 1.38 bits per heavy atom. The van der Waals surface area contributed by atoms with Crippen LogP contribution in [-0.2, 0) is 0 Å². The number of fused-ring (bicyclic) bond motifs is 1. The van der Waals surface area contributed by atoms with E-state index in [9.17, 15) is 4.79 Å². The summed E-state index contributed by atoms with van der Waals surface area (Å²) in [4.78, 5) is 24.8. The van der Waals surface area contributed by atoms with Gasteiger partial charge in [-0.25, -0.2) is 9.97 Å². The van der Waals surface area contributed by atoms with Gasteiger partial charge >= 0.3 is 0 Å². The Balaban J connectivity index is 2.90. The zero-order valence-electron chi connectivity index (χ0n) is 7.09. The first-order chi connectivity index (χ1) is 6.20. The molecule has 0 aliphatic heterocycles. The largest absolute Gasteiger partial charge is 0.333 e. The van der Waals surface area contributed by atoms with Crippen LogP contribution in [0, 0.1) is 6.92 Å². The fraction of sp³-hybridized carbons (Fsp3) is 0.125. The van der Waals surface area contributed by atoms with Crippen LogP contribution < -0.4 is 5.56 Å². The predicted molar refractivity (Wildman–Crippen MR) is 49.3 cm³/mol. The number of aryl methyl sites for hydroxylation is 1. The van der Waals surface area contributed by atoms with Gasteiger partial charge in [0.15, 0.2) is 11.2 Å². The second kappa shape index (κ2) is 2.55. The van der Waals surface area contributed by atoms with Crippen LogP contribution in [-0.4, -0.2) is 19.9 Å². The molecular formula is C8H8N4O. The standard InChI is InChI=1S/C8H8N4O/c1-3-5-11-6-7(12-5)9-4(2)10-8(6)13/h3H,1H2,2H3,(H2,9,10,11,12,13). The van der Waals surface area contributed by atoms with E-state index in [1.54, 1.807) is 6.92 Å². The molecule has 0 radical (unpaired) electrons. The zero-order chi connectivity index (χ0) is 9.42. The lowest BCUT2D eigenvalue weighted by Crippen LogP contribution is -2.09. The number of H-pyrrole nitrogens is 2. The lowest BCUT2D eigenvalue weighted by molar-refractivity contribution is 1.05. The molecule has 0 spiro atoms. The Bertz CT molecular complexity index is 522. The van der Waals surface area contributed by atoms with Crippen LogP contribution in [0.5, 0.6) is 0 Å². The highest BCUT2D eigenvalue weighted by atomic mass is 16.1. The van der Waals surface area contributed by atoms with Gasteiger partial charge < -0.3 is 9.97 Å². The number of nitrogens with zero attached hydrogens (tertiary/aromatic N) is 2. The minimum atomic E-state index is -0.205. The van der Waals surface area contributed by atoms with Crippen molar-refractivity contribution in [1.82, 2.24) is 19.9 Å². The molecule has 5 heteroatoms. The minimum absolute atomic E-state index is 0.205. The van der Waals surface area contributed by atoms with Crippen molar-refractivity contribution >= 4 is 17.2 Å². The molecule has 2 aromatic rings. The van der Waals surface area contributed by atoms with Gasteiger partial charge in [0.2, 0.25) is 0 Å². The third kappa shape index (κ3) is 1.14. The molecule has 2 N–H and O–H groups in total. The molecule has 0 atom stereocenters. The van der Waals surface area contributed by atoms with Gasteiger partial charge in [0.1, 0.15) is 11.6 Å². The maximum absolute atomic E-state index is 11.3. The number of nitrogens with one attached hydrogen (secondary N) is 2. The molecule has 0 fully saturated rings. The SMILES string of the molecule is C=Cc1nc2nc(C)[nH]c(=O)c2[nH]1. The number of rotatable bonds is 1. The van der Waals surface area contributed by atoms with E-state index in [0.29, 0.717) is 22.8 Å². The highest BCUT2D eigenvalue weighted by Crippen LogP contribution is 2.03. The van der Waals surface area contributed by atoms with E-state index in [-0.39, 0.29) is 5.56 Å². The molecule has 0 unspecified atom stereocenters. The van der Waals surface area contributed by atoms with Crippen molar-refractivity contribution in [1.29, 1.82) is 0 Å². The number of aromatic nitrogens is 4. The topological polar surface area (TPSA) is 74.4 Å². The number of hydrogen-bond donors (Lipinski definition) is 2. The van der Waals surface area contributed by atoms with Gasteiger partial charge in [-0.05, 0) is 13.0 Å². The number of imidazole rings is 1. The second-order valence-corrected chi connectivity index (χ2v) is 2.68. The van der Waals surface area contributed by atoms with E-state index in [4.69, 9.17) is 0 Å². The summed E-state index contributed by atoms with van der Waals surface area (Å²) in [6, 6.07) is 0. The van der Waals surface area contributed by atoms with Crippen LogP contribution in [0.3, 0.4) is 0 Å². The van der Waals surface area contributed by atoms with Crippen molar-refractivity contribution in [3.8, 4) is 0 Å². The third-order valence-electron chi connectivity index (χ3n) is 1.69. The number of aromatic amines is 2. The van der Waals surface area contributed by atoms with Crippen molar-refractivity contribution < 1.29 is 0 Å². The summed E-state index contributed by atoms with van der Waals surface area (Å²) in [7, 11) is 0. The average Bonchev–Trinajstić information content (AvgIpc) is 2.47. The first kappa shape index (κ1) is 7.72. The molecule has 2 aromatic heterocycles. The van der Waals surface area contributed by atoms with E-state index >= 15 is 0 Å². The van der Waals surface area contributed by atoms with Gasteiger partial charge in [-0.15, -0.1) is 0 Å². The normalized spacial score (nSPS) is 10.5. The molecule has 0 saturated carbocycles. The minimum Gasteiger partial charge on any atom is -0.333 e. The Kier molecular flexibility index (Phi) is 1.51. The van der Waals surface area contributed by atoms with Gasteiger partial charge in [-0.3, -0.25) is 4.79 Å². The predicted octanol–water partition coefficient (Wildman–Crippen LogP) is 0.598. The van der Waals surface area contributed by atoms with E-state index in [2.05, 4.69) is 26.5 Å². The molecule has 66 valence electrons. The smallest absolute Gasteiger partial charge is 0.276 e. The van der Waals surface area contributed by atoms with E-state index < -0.39 is 0 Å². The van der Waals surface area contributed by atoms with E-state index in [1.807, 2.05) is 0 Å². The lowest BCUT2D eigenvalue weighted by atomic mass is 10.5. The maximum Gasteiger partial charge on any atom is 0.276 e. The molecule has 0 amide bonds. The first-order valence-corrected chi connectivity index (χ1v) is 3.80. The molecule has 2 rings (SSSR count). The number of hydrogen-bond acceptors (Lipinski definition) is 3. The molecule has 0 aliphatic rings. The highest BCUT2D eigenvalue weighted by Gasteiger charge is 2.05. The Hall–Kier alpha value is -1.91. The second-order valence-electron chi connectivity index (χ2n) is 2.68. The summed E-state index contributed by atoms with van der Waals surface area (Å²) in [5, 5.41) is 0. The fourth-order valence-corrected chi connectivity index (χ4v) is 1.13. The first-order valence-electron chi connectivity index (χ1n) is 3.80. The van der Waals surface area contributed by atoms with Gasteiger partial charge in [0, 0.05) is 0 Å². The molecule has 0 aliphatic carbocycles. The van der Waals surface area contributed by atoms with Crippen LogP contribution in [0.15, 0.2) is 11.4 Å². The van der Waals surface area contributed by atoms with Gasteiger partial charge in [0.05, 0.1) is 0 Å². The van der Waals surface area contributed by atoms with Crippen LogP contribution >= 0.6 is 0 Å². The Morgan fingerprint density at radius 3 is 2.85 bits per heavy atom. The summed E-state index contributed by atoms with van der Waals surface area (Å²) >= 11 is 0. The van der Waals surface area contributed by atoms with Crippen LogP contribution in [0.1, 0.15) is 11.6 Å². The molecule has 0 bridgehead atoms. The monoisotopic (exact) mass is 176 g/mol. The lowest BCUT2D eigenvalue weighted by Gasteiger charge is -1.89. The van der Waals surface area contributed by atoms with Crippen LogP contribution in [0.25, 0.3) is 17.2 Å². The summed E-state index contributed by atoms with van der Waals surface area (Å²) in [6.45, 7) is 5.26.